The summed E-state index contributed by atoms with van der Waals surface area (Å²) in [5.74, 6) is 0.791. The minimum absolute atomic E-state index is 0.00836. The van der Waals surface area contributed by atoms with E-state index in [0.717, 1.165) is 38.1 Å². The van der Waals surface area contributed by atoms with Crippen molar-refractivity contribution in [2.45, 2.75) is 39.2 Å². The molecule has 2 aromatic rings. The number of hydrogen-bond donors (Lipinski definition) is 0. The Hall–Kier alpha value is -2.70. The SMILES string of the molecule is CC(=O)N1CCN(C(=O)c2ccc3c(=O)n4c(nc3c2)CCCCC4)CC1. The molecular weight excluding hydrogens is 344 g/mol. The van der Waals surface area contributed by atoms with E-state index in [0.29, 0.717) is 42.6 Å². The van der Waals surface area contributed by atoms with E-state index >= 15 is 0 Å². The highest BCUT2D eigenvalue weighted by molar-refractivity contribution is 5.97. The molecule has 4 rings (SSSR count). The van der Waals surface area contributed by atoms with Crippen LogP contribution in [-0.4, -0.2) is 57.3 Å². The fourth-order valence-electron chi connectivity index (χ4n) is 3.96. The van der Waals surface area contributed by atoms with Gasteiger partial charge in [0.1, 0.15) is 5.82 Å². The summed E-state index contributed by atoms with van der Waals surface area (Å²) in [5.41, 5.74) is 1.14. The first-order valence-electron chi connectivity index (χ1n) is 9.63. The zero-order valence-electron chi connectivity index (χ0n) is 15.6. The van der Waals surface area contributed by atoms with Gasteiger partial charge in [-0.2, -0.15) is 0 Å². The van der Waals surface area contributed by atoms with Crippen LogP contribution in [0, 0.1) is 0 Å². The summed E-state index contributed by atoms with van der Waals surface area (Å²) in [6, 6.07) is 5.18. The van der Waals surface area contributed by atoms with Crippen molar-refractivity contribution in [3.8, 4) is 0 Å². The molecule has 27 heavy (non-hydrogen) atoms. The molecule has 2 aliphatic rings. The molecule has 142 valence electrons. The summed E-state index contributed by atoms with van der Waals surface area (Å²) in [5, 5.41) is 0.568. The smallest absolute Gasteiger partial charge is 0.261 e. The molecule has 3 heterocycles. The van der Waals surface area contributed by atoms with Crippen LogP contribution in [0.5, 0.6) is 0 Å². The van der Waals surface area contributed by atoms with Gasteiger partial charge in [0.2, 0.25) is 5.91 Å². The van der Waals surface area contributed by atoms with Gasteiger partial charge < -0.3 is 9.80 Å². The van der Waals surface area contributed by atoms with Crippen molar-refractivity contribution in [3.63, 3.8) is 0 Å². The number of aromatic nitrogens is 2. The molecule has 0 N–H and O–H groups in total. The monoisotopic (exact) mass is 368 g/mol. The minimum Gasteiger partial charge on any atom is -0.339 e. The molecule has 1 saturated heterocycles. The van der Waals surface area contributed by atoms with E-state index in [1.807, 2.05) is 0 Å². The molecule has 1 aromatic carbocycles. The molecule has 0 radical (unpaired) electrons. The third kappa shape index (κ3) is 3.34. The van der Waals surface area contributed by atoms with Crippen LogP contribution in [0.2, 0.25) is 0 Å². The maximum absolute atomic E-state index is 12.9. The molecule has 0 spiro atoms. The Bertz CT molecular complexity index is 958. The van der Waals surface area contributed by atoms with Gasteiger partial charge in [-0.1, -0.05) is 6.42 Å². The van der Waals surface area contributed by atoms with E-state index < -0.39 is 0 Å². The highest BCUT2D eigenvalue weighted by atomic mass is 16.2. The van der Waals surface area contributed by atoms with Crippen molar-refractivity contribution in [2.24, 2.45) is 0 Å². The zero-order chi connectivity index (χ0) is 19.0. The number of rotatable bonds is 1. The number of fused-ring (bicyclic) bond motifs is 2. The van der Waals surface area contributed by atoms with Crippen LogP contribution < -0.4 is 5.56 Å². The Morgan fingerprint density at radius 3 is 2.44 bits per heavy atom. The lowest BCUT2D eigenvalue weighted by atomic mass is 10.1. The highest BCUT2D eigenvalue weighted by Crippen LogP contribution is 2.18. The molecule has 7 heteroatoms. The third-order valence-corrected chi connectivity index (χ3v) is 5.58. The number of piperazine rings is 1. The van der Waals surface area contributed by atoms with Gasteiger partial charge in [-0.3, -0.25) is 19.0 Å². The summed E-state index contributed by atoms with van der Waals surface area (Å²) in [6.07, 6.45) is 3.95. The van der Waals surface area contributed by atoms with E-state index in [9.17, 15) is 14.4 Å². The summed E-state index contributed by atoms with van der Waals surface area (Å²) >= 11 is 0. The van der Waals surface area contributed by atoms with Gasteiger partial charge in [-0.05, 0) is 31.0 Å². The molecular formula is C20H24N4O3. The normalized spacial score (nSPS) is 17.5. The first-order valence-corrected chi connectivity index (χ1v) is 9.63. The van der Waals surface area contributed by atoms with E-state index in [1.165, 1.54) is 0 Å². The first kappa shape index (κ1) is 17.7. The van der Waals surface area contributed by atoms with Crippen LogP contribution in [0.25, 0.3) is 10.9 Å². The second-order valence-corrected chi connectivity index (χ2v) is 7.33. The number of amides is 2. The predicted octanol–water partition coefficient (Wildman–Crippen LogP) is 1.43. The molecule has 7 nitrogen and oxygen atoms in total. The molecule has 0 bridgehead atoms. The average molecular weight is 368 g/mol. The molecule has 0 aliphatic carbocycles. The molecule has 0 atom stereocenters. The number of aryl methyl sites for hydroxylation is 1. The molecule has 0 saturated carbocycles. The first-order chi connectivity index (χ1) is 13.0. The summed E-state index contributed by atoms with van der Waals surface area (Å²) in [4.78, 5) is 45.3. The molecule has 1 aromatic heterocycles. The number of nitrogens with zero attached hydrogens (tertiary/aromatic N) is 4. The second-order valence-electron chi connectivity index (χ2n) is 7.33. The van der Waals surface area contributed by atoms with Gasteiger partial charge in [0.25, 0.3) is 11.5 Å². The van der Waals surface area contributed by atoms with Crippen molar-refractivity contribution in [1.29, 1.82) is 0 Å². The lowest BCUT2D eigenvalue weighted by Crippen LogP contribution is -2.50. The molecule has 0 unspecified atom stereocenters. The summed E-state index contributed by atoms with van der Waals surface area (Å²) < 4.78 is 1.79. The maximum Gasteiger partial charge on any atom is 0.261 e. The fourth-order valence-corrected chi connectivity index (χ4v) is 3.96. The fraction of sp³-hybridized carbons (Fsp3) is 0.500. The van der Waals surface area contributed by atoms with E-state index in [4.69, 9.17) is 4.98 Å². The zero-order valence-corrected chi connectivity index (χ0v) is 15.6. The second kappa shape index (κ2) is 7.13. The van der Waals surface area contributed by atoms with Crippen molar-refractivity contribution < 1.29 is 9.59 Å². The van der Waals surface area contributed by atoms with E-state index in [-0.39, 0.29) is 17.4 Å². The Morgan fingerprint density at radius 1 is 0.963 bits per heavy atom. The standard InChI is InChI=1S/C20H24N4O3/c1-14(25)22-9-11-23(12-10-22)19(26)15-6-7-16-17(13-15)21-18-5-3-2-4-8-24(18)20(16)27/h6-7,13H,2-5,8-12H2,1H3. The van der Waals surface area contributed by atoms with Crippen LogP contribution in [0.15, 0.2) is 23.0 Å². The predicted molar refractivity (Wildman–Crippen MR) is 102 cm³/mol. The Labute approximate surface area is 157 Å². The van der Waals surface area contributed by atoms with E-state index in [2.05, 4.69) is 0 Å². The van der Waals surface area contributed by atoms with Crippen LogP contribution in [0.4, 0.5) is 0 Å². The maximum atomic E-state index is 12.9. The topological polar surface area (TPSA) is 75.5 Å². The Morgan fingerprint density at radius 2 is 1.70 bits per heavy atom. The summed E-state index contributed by atoms with van der Waals surface area (Å²) in [7, 11) is 0. The molecule has 2 aliphatic heterocycles. The van der Waals surface area contributed by atoms with Crippen molar-refractivity contribution in [1.82, 2.24) is 19.4 Å². The van der Waals surface area contributed by atoms with Crippen LogP contribution in [0.1, 0.15) is 42.4 Å². The van der Waals surface area contributed by atoms with Gasteiger partial charge in [-0.15, -0.1) is 0 Å². The highest BCUT2D eigenvalue weighted by Gasteiger charge is 2.24. The van der Waals surface area contributed by atoms with Gasteiger partial charge in [-0.25, -0.2) is 4.98 Å². The van der Waals surface area contributed by atoms with Crippen LogP contribution >= 0.6 is 0 Å². The summed E-state index contributed by atoms with van der Waals surface area (Å²) in [6.45, 7) is 4.43. The average Bonchev–Trinajstić information content (AvgIpc) is 2.93. The van der Waals surface area contributed by atoms with Gasteiger partial charge >= 0.3 is 0 Å². The number of hydrogen-bond acceptors (Lipinski definition) is 4. The van der Waals surface area contributed by atoms with Gasteiger partial charge in [0, 0.05) is 51.6 Å². The molecule has 1 fully saturated rings. The van der Waals surface area contributed by atoms with Crippen molar-refractivity contribution >= 4 is 22.7 Å². The number of carbonyl (C=O) groups excluding carboxylic acids is 2. The van der Waals surface area contributed by atoms with E-state index in [1.54, 1.807) is 39.5 Å². The van der Waals surface area contributed by atoms with Gasteiger partial charge in [0.15, 0.2) is 0 Å². The number of carbonyl (C=O) groups is 2. The Kier molecular flexibility index (Phi) is 4.68. The largest absolute Gasteiger partial charge is 0.339 e. The lowest BCUT2D eigenvalue weighted by Gasteiger charge is -2.34. The molecule has 2 amide bonds. The third-order valence-electron chi connectivity index (χ3n) is 5.58. The van der Waals surface area contributed by atoms with Crippen LogP contribution in [-0.2, 0) is 17.8 Å². The van der Waals surface area contributed by atoms with Crippen molar-refractivity contribution in [2.75, 3.05) is 26.2 Å². The lowest BCUT2D eigenvalue weighted by molar-refractivity contribution is -0.130. The van der Waals surface area contributed by atoms with Gasteiger partial charge in [0.05, 0.1) is 10.9 Å². The minimum atomic E-state index is -0.0723. The number of benzene rings is 1. The van der Waals surface area contributed by atoms with Crippen LogP contribution in [0.3, 0.4) is 0 Å². The van der Waals surface area contributed by atoms with Crippen molar-refractivity contribution in [3.05, 3.63) is 39.9 Å². The quantitative estimate of drug-likeness (QED) is 0.763. The Balaban J connectivity index is 1.63.